The van der Waals surface area contributed by atoms with Gasteiger partial charge in [-0.05, 0) is 41.0 Å². The van der Waals surface area contributed by atoms with E-state index in [1.54, 1.807) is 0 Å². The smallest absolute Gasteiger partial charge is 0.405 e. The SMILES string of the molecule is O=C(O)NC(c1ccccc1)c1cccc(OCc2ccc(Br)cc2)c1. The highest BCUT2D eigenvalue weighted by atomic mass is 79.9. The Bertz CT molecular complexity index is 866. The lowest BCUT2D eigenvalue weighted by atomic mass is 9.98. The molecule has 0 fully saturated rings. The van der Waals surface area contributed by atoms with Crippen LogP contribution in [-0.2, 0) is 6.61 Å². The van der Waals surface area contributed by atoms with Gasteiger partial charge in [0.1, 0.15) is 12.4 Å². The monoisotopic (exact) mass is 411 g/mol. The number of carboxylic acid groups (broad SMARTS) is 1. The van der Waals surface area contributed by atoms with E-state index < -0.39 is 12.1 Å². The van der Waals surface area contributed by atoms with Crippen LogP contribution in [0.1, 0.15) is 22.7 Å². The predicted octanol–water partition coefficient (Wildman–Crippen LogP) is 5.39. The van der Waals surface area contributed by atoms with E-state index in [1.165, 1.54) is 0 Å². The van der Waals surface area contributed by atoms with Crippen LogP contribution in [0, 0.1) is 0 Å². The number of halogens is 1. The first-order valence-corrected chi connectivity index (χ1v) is 8.93. The van der Waals surface area contributed by atoms with Crippen molar-refractivity contribution in [2.75, 3.05) is 0 Å². The summed E-state index contributed by atoms with van der Waals surface area (Å²) >= 11 is 3.41. The fourth-order valence-corrected chi connectivity index (χ4v) is 2.92. The molecule has 0 aliphatic carbocycles. The highest BCUT2D eigenvalue weighted by molar-refractivity contribution is 9.10. The molecule has 1 unspecified atom stereocenters. The van der Waals surface area contributed by atoms with E-state index in [9.17, 15) is 9.90 Å². The molecule has 0 bridgehead atoms. The Morgan fingerprint density at radius 1 is 0.962 bits per heavy atom. The molecule has 0 spiro atoms. The molecule has 0 aliphatic rings. The first-order chi connectivity index (χ1) is 12.6. The van der Waals surface area contributed by atoms with Gasteiger partial charge in [0, 0.05) is 4.47 Å². The molecule has 0 radical (unpaired) electrons. The van der Waals surface area contributed by atoms with Gasteiger partial charge in [-0.3, -0.25) is 0 Å². The zero-order chi connectivity index (χ0) is 18.4. The molecule has 26 heavy (non-hydrogen) atoms. The van der Waals surface area contributed by atoms with Crippen molar-refractivity contribution in [1.29, 1.82) is 0 Å². The van der Waals surface area contributed by atoms with Gasteiger partial charge in [0.05, 0.1) is 6.04 Å². The number of amides is 1. The van der Waals surface area contributed by atoms with Crippen molar-refractivity contribution in [2.24, 2.45) is 0 Å². The Balaban J connectivity index is 1.79. The molecule has 0 aromatic heterocycles. The molecule has 0 heterocycles. The van der Waals surface area contributed by atoms with Crippen molar-refractivity contribution in [3.63, 3.8) is 0 Å². The lowest BCUT2D eigenvalue weighted by Crippen LogP contribution is -2.27. The van der Waals surface area contributed by atoms with E-state index in [1.807, 2.05) is 78.9 Å². The van der Waals surface area contributed by atoms with Crippen molar-refractivity contribution in [2.45, 2.75) is 12.6 Å². The summed E-state index contributed by atoms with van der Waals surface area (Å²) in [6.45, 7) is 0.444. The van der Waals surface area contributed by atoms with Crippen LogP contribution < -0.4 is 10.1 Å². The average Bonchev–Trinajstić information content (AvgIpc) is 2.66. The molecule has 3 aromatic rings. The Kier molecular flexibility index (Phi) is 5.92. The zero-order valence-corrected chi connectivity index (χ0v) is 15.5. The van der Waals surface area contributed by atoms with Crippen LogP contribution in [0.15, 0.2) is 83.3 Å². The molecule has 0 aliphatic heterocycles. The zero-order valence-electron chi connectivity index (χ0n) is 13.9. The Morgan fingerprint density at radius 2 is 1.65 bits per heavy atom. The van der Waals surface area contributed by atoms with Crippen molar-refractivity contribution in [3.8, 4) is 5.75 Å². The molecule has 1 amide bonds. The van der Waals surface area contributed by atoms with Gasteiger partial charge < -0.3 is 15.2 Å². The summed E-state index contributed by atoms with van der Waals surface area (Å²) in [5.74, 6) is 0.693. The molecule has 3 rings (SSSR count). The van der Waals surface area contributed by atoms with Gasteiger partial charge in [-0.1, -0.05) is 70.5 Å². The number of rotatable bonds is 6. The number of hydrogen-bond acceptors (Lipinski definition) is 2. The molecule has 0 saturated heterocycles. The number of hydrogen-bond donors (Lipinski definition) is 2. The quantitative estimate of drug-likeness (QED) is 0.571. The lowest BCUT2D eigenvalue weighted by molar-refractivity contribution is 0.191. The van der Waals surface area contributed by atoms with Gasteiger partial charge in [0.15, 0.2) is 0 Å². The molecule has 0 saturated carbocycles. The minimum Gasteiger partial charge on any atom is -0.489 e. The van der Waals surface area contributed by atoms with Gasteiger partial charge in [-0.25, -0.2) is 4.79 Å². The number of ether oxygens (including phenoxy) is 1. The summed E-state index contributed by atoms with van der Waals surface area (Å²) < 4.78 is 6.90. The van der Waals surface area contributed by atoms with Gasteiger partial charge in [0.2, 0.25) is 0 Å². The topological polar surface area (TPSA) is 58.6 Å². The highest BCUT2D eigenvalue weighted by Gasteiger charge is 2.16. The summed E-state index contributed by atoms with van der Waals surface area (Å²) in [4.78, 5) is 11.2. The largest absolute Gasteiger partial charge is 0.489 e. The number of benzene rings is 3. The van der Waals surface area contributed by atoms with Gasteiger partial charge >= 0.3 is 6.09 Å². The van der Waals surface area contributed by atoms with E-state index in [-0.39, 0.29) is 0 Å². The molecule has 3 aromatic carbocycles. The maximum atomic E-state index is 11.2. The summed E-state index contributed by atoms with van der Waals surface area (Å²) in [6.07, 6.45) is -1.07. The maximum Gasteiger partial charge on any atom is 0.405 e. The number of carbonyl (C=O) groups is 1. The summed E-state index contributed by atoms with van der Waals surface area (Å²) in [5.41, 5.74) is 2.76. The second-order valence-electron chi connectivity index (χ2n) is 5.78. The first kappa shape index (κ1) is 18.0. The molecule has 4 nitrogen and oxygen atoms in total. The lowest BCUT2D eigenvalue weighted by Gasteiger charge is -2.19. The van der Waals surface area contributed by atoms with E-state index >= 15 is 0 Å². The van der Waals surface area contributed by atoms with Gasteiger partial charge in [-0.2, -0.15) is 0 Å². The van der Waals surface area contributed by atoms with Crippen LogP contribution in [0.5, 0.6) is 5.75 Å². The fraction of sp³-hybridized carbons (Fsp3) is 0.0952. The van der Waals surface area contributed by atoms with Gasteiger partial charge in [-0.15, -0.1) is 0 Å². The summed E-state index contributed by atoms with van der Waals surface area (Å²) in [7, 11) is 0. The Morgan fingerprint density at radius 3 is 2.35 bits per heavy atom. The van der Waals surface area contributed by atoms with Crippen LogP contribution >= 0.6 is 15.9 Å². The maximum absolute atomic E-state index is 11.2. The normalized spacial score (nSPS) is 11.6. The second-order valence-corrected chi connectivity index (χ2v) is 6.70. The standard InChI is InChI=1S/C21H18BrNO3/c22-18-11-9-15(10-12-18)14-26-19-8-4-7-17(13-19)20(23-21(24)25)16-5-2-1-3-6-16/h1-13,20,23H,14H2,(H,24,25). The highest BCUT2D eigenvalue weighted by Crippen LogP contribution is 2.26. The van der Waals surface area contributed by atoms with Crippen molar-refractivity contribution in [3.05, 3.63) is 100 Å². The van der Waals surface area contributed by atoms with Crippen LogP contribution in [0.4, 0.5) is 4.79 Å². The van der Waals surface area contributed by atoms with Crippen molar-refractivity contribution < 1.29 is 14.6 Å². The fourth-order valence-electron chi connectivity index (χ4n) is 2.66. The van der Waals surface area contributed by atoms with Crippen LogP contribution in [0.25, 0.3) is 0 Å². The molecule has 132 valence electrons. The predicted molar refractivity (Wildman–Crippen MR) is 104 cm³/mol. The van der Waals surface area contributed by atoms with E-state index in [0.717, 1.165) is 21.2 Å². The third-order valence-corrected chi connectivity index (χ3v) is 4.44. The number of nitrogens with one attached hydrogen (secondary N) is 1. The van der Waals surface area contributed by atoms with Crippen molar-refractivity contribution in [1.82, 2.24) is 5.32 Å². The molecule has 2 N–H and O–H groups in total. The third-order valence-electron chi connectivity index (χ3n) is 3.91. The van der Waals surface area contributed by atoms with E-state index in [4.69, 9.17) is 4.74 Å². The van der Waals surface area contributed by atoms with Crippen LogP contribution in [0.3, 0.4) is 0 Å². The Hall–Kier alpha value is -2.79. The van der Waals surface area contributed by atoms with Crippen molar-refractivity contribution >= 4 is 22.0 Å². The molecule has 5 heteroatoms. The van der Waals surface area contributed by atoms with E-state index in [0.29, 0.717) is 12.4 Å². The molecular formula is C21H18BrNO3. The molecule has 1 atom stereocenters. The third kappa shape index (κ3) is 4.86. The second kappa shape index (κ2) is 8.54. The summed E-state index contributed by atoms with van der Waals surface area (Å²) in [5, 5.41) is 11.8. The Labute approximate surface area is 160 Å². The molecular weight excluding hydrogens is 394 g/mol. The summed E-state index contributed by atoms with van der Waals surface area (Å²) in [6, 6.07) is 24.4. The van der Waals surface area contributed by atoms with Gasteiger partial charge in [0.25, 0.3) is 0 Å². The minimum absolute atomic E-state index is 0.444. The van der Waals surface area contributed by atoms with Crippen LogP contribution in [-0.4, -0.2) is 11.2 Å². The van der Waals surface area contributed by atoms with E-state index in [2.05, 4.69) is 21.2 Å². The average molecular weight is 412 g/mol. The van der Waals surface area contributed by atoms with Crippen LogP contribution in [0.2, 0.25) is 0 Å². The first-order valence-electron chi connectivity index (χ1n) is 8.13. The minimum atomic E-state index is -1.07.